The molecule has 3 heteroatoms. The summed E-state index contributed by atoms with van der Waals surface area (Å²) in [4.78, 5) is 2.47. The van der Waals surface area contributed by atoms with Gasteiger partial charge in [0.05, 0.1) is 11.6 Å². The zero-order chi connectivity index (χ0) is 11.4. The van der Waals surface area contributed by atoms with Gasteiger partial charge in [-0.15, -0.1) is 0 Å². The summed E-state index contributed by atoms with van der Waals surface area (Å²) in [6.07, 6.45) is 0. The fourth-order valence-corrected chi connectivity index (χ4v) is 2.12. The summed E-state index contributed by atoms with van der Waals surface area (Å²) in [7, 11) is 0. The third-order valence-electron chi connectivity index (χ3n) is 3.22. The molecule has 1 aromatic carbocycles. The highest BCUT2D eigenvalue weighted by molar-refractivity contribution is 5.32. The Balaban J connectivity index is 2.07. The Morgan fingerprint density at radius 1 is 1.25 bits per heavy atom. The Hall–Kier alpha value is -1.37. The van der Waals surface area contributed by atoms with Crippen molar-refractivity contribution in [3.63, 3.8) is 0 Å². The van der Waals surface area contributed by atoms with Gasteiger partial charge in [-0.3, -0.25) is 4.90 Å². The van der Waals surface area contributed by atoms with Crippen LogP contribution in [0.2, 0.25) is 0 Å². The molecule has 1 fully saturated rings. The van der Waals surface area contributed by atoms with Crippen LogP contribution in [-0.2, 0) is 0 Å². The fraction of sp³-hybridized carbons (Fsp3) is 0.462. The van der Waals surface area contributed by atoms with E-state index in [1.165, 1.54) is 5.56 Å². The number of benzene rings is 1. The van der Waals surface area contributed by atoms with Crippen molar-refractivity contribution in [1.82, 2.24) is 10.2 Å². The molecular formula is C13H17N3. The predicted molar refractivity (Wildman–Crippen MR) is 64.0 cm³/mol. The van der Waals surface area contributed by atoms with Gasteiger partial charge in [-0.25, -0.2) is 0 Å². The largest absolute Gasteiger partial charge is 0.314 e. The summed E-state index contributed by atoms with van der Waals surface area (Å²) in [6, 6.07) is 10.5. The van der Waals surface area contributed by atoms with Crippen molar-refractivity contribution < 1.29 is 0 Å². The molecule has 1 unspecified atom stereocenters. The standard InChI is InChI=1S/C13H17N3/c1-11(16-8-6-15-7-9-16)13-4-2-12(10-14)3-5-13/h2-5,11,15H,6-9H2,1H3. The first-order valence-corrected chi connectivity index (χ1v) is 5.76. The summed E-state index contributed by atoms with van der Waals surface area (Å²) in [5.74, 6) is 0. The van der Waals surface area contributed by atoms with Gasteiger partial charge in [-0.05, 0) is 24.6 Å². The number of nitriles is 1. The number of nitrogens with zero attached hydrogens (tertiary/aromatic N) is 2. The molecule has 0 amide bonds. The van der Waals surface area contributed by atoms with E-state index in [0.717, 1.165) is 31.7 Å². The van der Waals surface area contributed by atoms with Crippen LogP contribution in [-0.4, -0.2) is 31.1 Å². The predicted octanol–water partition coefficient (Wildman–Crippen LogP) is 1.52. The van der Waals surface area contributed by atoms with Gasteiger partial charge in [0.25, 0.3) is 0 Å². The highest BCUT2D eigenvalue weighted by atomic mass is 15.2. The van der Waals surface area contributed by atoms with E-state index in [-0.39, 0.29) is 0 Å². The van der Waals surface area contributed by atoms with Crippen molar-refractivity contribution in [1.29, 1.82) is 5.26 Å². The Morgan fingerprint density at radius 2 is 1.88 bits per heavy atom. The summed E-state index contributed by atoms with van der Waals surface area (Å²) in [6.45, 7) is 6.57. The molecule has 2 rings (SSSR count). The molecule has 0 radical (unpaired) electrons. The Bertz CT molecular complexity index is 371. The van der Waals surface area contributed by atoms with Crippen LogP contribution < -0.4 is 5.32 Å². The maximum atomic E-state index is 8.75. The van der Waals surface area contributed by atoms with Crippen LogP contribution >= 0.6 is 0 Å². The lowest BCUT2D eigenvalue weighted by Crippen LogP contribution is -2.44. The first-order chi connectivity index (χ1) is 7.81. The van der Waals surface area contributed by atoms with E-state index in [1.807, 2.05) is 12.1 Å². The second-order valence-electron chi connectivity index (χ2n) is 4.20. The first kappa shape index (κ1) is 11.1. The molecule has 1 saturated heterocycles. The summed E-state index contributed by atoms with van der Waals surface area (Å²) >= 11 is 0. The first-order valence-electron chi connectivity index (χ1n) is 5.76. The molecule has 1 aliphatic heterocycles. The van der Waals surface area contributed by atoms with Crippen molar-refractivity contribution in [3.8, 4) is 6.07 Å². The Kier molecular flexibility index (Phi) is 3.55. The topological polar surface area (TPSA) is 39.1 Å². The van der Waals surface area contributed by atoms with E-state index in [1.54, 1.807) is 0 Å². The summed E-state index contributed by atoms with van der Waals surface area (Å²) in [5, 5.41) is 12.1. The SMILES string of the molecule is CC(c1ccc(C#N)cc1)N1CCNCC1. The van der Waals surface area contributed by atoms with Crippen LogP contribution in [0.3, 0.4) is 0 Å². The highest BCUT2D eigenvalue weighted by Crippen LogP contribution is 2.20. The maximum Gasteiger partial charge on any atom is 0.0991 e. The molecule has 3 nitrogen and oxygen atoms in total. The molecule has 1 aromatic rings. The summed E-state index contributed by atoms with van der Waals surface area (Å²) in [5.41, 5.74) is 2.03. The second kappa shape index (κ2) is 5.11. The minimum absolute atomic E-state index is 0.440. The third-order valence-corrected chi connectivity index (χ3v) is 3.22. The lowest BCUT2D eigenvalue weighted by Gasteiger charge is -2.33. The number of piperazine rings is 1. The number of hydrogen-bond donors (Lipinski definition) is 1. The minimum atomic E-state index is 0.440. The third kappa shape index (κ3) is 2.41. The highest BCUT2D eigenvalue weighted by Gasteiger charge is 2.17. The van der Waals surface area contributed by atoms with Gasteiger partial charge in [-0.1, -0.05) is 12.1 Å². The molecule has 16 heavy (non-hydrogen) atoms. The van der Waals surface area contributed by atoms with Crippen molar-refractivity contribution in [2.24, 2.45) is 0 Å². The monoisotopic (exact) mass is 215 g/mol. The molecule has 0 aromatic heterocycles. The minimum Gasteiger partial charge on any atom is -0.314 e. The van der Waals surface area contributed by atoms with Gasteiger partial charge in [0.2, 0.25) is 0 Å². The van der Waals surface area contributed by atoms with E-state index in [9.17, 15) is 0 Å². The summed E-state index contributed by atoms with van der Waals surface area (Å²) < 4.78 is 0. The zero-order valence-electron chi connectivity index (χ0n) is 9.61. The lowest BCUT2D eigenvalue weighted by molar-refractivity contribution is 0.185. The van der Waals surface area contributed by atoms with Crippen LogP contribution in [0.5, 0.6) is 0 Å². The lowest BCUT2D eigenvalue weighted by atomic mass is 10.0. The van der Waals surface area contributed by atoms with E-state index in [4.69, 9.17) is 5.26 Å². The van der Waals surface area contributed by atoms with E-state index < -0.39 is 0 Å². The van der Waals surface area contributed by atoms with Crippen molar-refractivity contribution >= 4 is 0 Å². The molecule has 1 aliphatic rings. The smallest absolute Gasteiger partial charge is 0.0991 e. The Morgan fingerprint density at radius 3 is 2.44 bits per heavy atom. The number of rotatable bonds is 2. The van der Waals surface area contributed by atoms with Crippen molar-refractivity contribution in [3.05, 3.63) is 35.4 Å². The van der Waals surface area contributed by atoms with Gasteiger partial charge in [-0.2, -0.15) is 5.26 Å². The molecule has 1 N–H and O–H groups in total. The Labute approximate surface area is 96.7 Å². The average molecular weight is 215 g/mol. The van der Waals surface area contributed by atoms with E-state index >= 15 is 0 Å². The molecule has 0 aliphatic carbocycles. The van der Waals surface area contributed by atoms with Crippen molar-refractivity contribution in [2.45, 2.75) is 13.0 Å². The second-order valence-corrected chi connectivity index (χ2v) is 4.20. The fourth-order valence-electron chi connectivity index (χ4n) is 2.12. The maximum absolute atomic E-state index is 8.75. The normalized spacial score (nSPS) is 19.0. The molecule has 0 spiro atoms. The molecule has 84 valence electrons. The van der Waals surface area contributed by atoms with Gasteiger partial charge in [0.15, 0.2) is 0 Å². The molecule has 1 heterocycles. The van der Waals surface area contributed by atoms with E-state index in [2.05, 4.69) is 35.3 Å². The average Bonchev–Trinajstić information content (AvgIpc) is 2.39. The van der Waals surface area contributed by atoms with Crippen molar-refractivity contribution in [2.75, 3.05) is 26.2 Å². The van der Waals surface area contributed by atoms with Gasteiger partial charge in [0, 0.05) is 32.2 Å². The van der Waals surface area contributed by atoms with Gasteiger partial charge < -0.3 is 5.32 Å². The van der Waals surface area contributed by atoms with Gasteiger partial charge >= 0.3 is 0 Å². The van der Waals surface area contributed by atoms with Crippen LogP contribution in [0, 0.1) is 11.3 Å². The number of hydrogen-bond acceptors (Lipinski definition) is 3. The van der Waals surface area contributed by atoms with Crippen LogP contribution in [0.15, 0.2) is 24.3 Å². The van der Waals surface area contributed by atoms with Crippen LogP contribution in [0.1, 0.15) is 24.1 Å². The number of nitrogens with one attached hydrogen (secondary N) is 1. The van der Waals surface area contributed by atoms with E-state index in [0.29, 0.717) is 6.04 Å². The molecule has 1 atom stereocenters. The van der Waals surface area contributed by atoms with Crippen LogP contribution in [0.4, 0.5) is 0 Å². The molecule has 0 saturated carbocycles. The molecule has 0 bridgehead atoms. The molecular weight excluding hydrogens is 198 g/mol. The van der Waals surface area contributed by atoms with Gasteiger partial charge in [0.1, 0.15) is 0 Å². The van der Waals surface area contributed by atoms with Crippen LogP contribution in [0.25, 0.3) is 0 Å². The zero-order valence-corrected chi connectivity index (χ0v) is 9.61. The quantitative estimate of drug-likeness (QED) is 0.813.